The fraction of sp³-hybridized carbons (Fsp3) is 0.818. The van der Waals surface area contributed by atoms with Gasteiger partial charge in [-0.1, -0.05) is 20.8 Å². The van der Waals surface area contributed by atoms with Gasteiger partial charge in [-0.2, -0.15) is 0 Å². The molecular weight excluding hydrogens is 208 g/mol. The Morgan fingerprint density at radius 1 is 1.31 bits per heavy atom. The summed E-state index contributed by atoms with van der Waals surface area (Å²) >= 11 is 0. The SMILES string of the molecule is CN(CCC(=O)O)C(=O)NCCC(C)(C)C. The Balaban J connectivity index is 3.75. The minimum Gasteiger partial charge on any atom is -0.481 e. The Morgan fingerprint density at radius 3 is 2.31 bits per heavy atom. The Hall–Kier alpha value is -1.26. The molecule has 94 valence electrons. The molecule has 0 unspecified atom stereocenters. The van der Waals surface area contributed by atoms with Gasteiger partial charge in [0.25, 0.3) is 0 Å². The molecule has 5 heteroatoms. The third-order valence-electron chi connectivity index (χ3n) is 2.16. The molecule has 0 saturated carbocycles. The van der Waals surface area contributed by atoms with E-state index in [2.05, 4.69) is 26.1 Å². The summed E-state index contributed by atoms with van der Waals surface area (Å²) in [5, 5.41) is 11.2. The molecule has 0 aliphatic heterocycles. The van der Waals surface area contributed by atoms with E-state index in [0.717, 1.165) is 6.42 Å². The third-order valence-corrected chi connectivity index (χ3v) is 2.16. The summed E-state index contributed by atoms with van der Waals surface area (Å²) in [5.41, 5.74) is 0.187. The normalized spacial score (nSPS) is 11.0. The van der Waals surface area contributed by atoms with Crippen LogP contribution in [-0.4, -0.2) is 42.1 Å². The molecule has 2 amide bonds. The van der Waals surface area contributed by atoms with Gasteiger partial charge < -0.3 is 15.3 Å². The van der Waals surface area contributed by atoms with Crippen molar-refractivity contribution in [3.63, 3.8) is 0 Å². The second-order valence-corrected chi connectivity index (χ2v) is 5.11. The number of hydrogen-bond donors (Lipinski definition) is 2. The second kappa shape index (κ2) is 6.35. The quantitative estimate of drug-likeness (QED) is 0.752. The Kier molecular flexibility index (Phi) is 5.85. The van der Waals surface area contributed by atoms with E-state index in [9.17, 15) is 9.59 Å². The predicted octanol–water partition coefficient (Wildman–Crippen LogP) is 1.54. The smallest absolute Gasteiger partial charge is 0.317 e. The first-order valence-electron chi connectivity index (χ1n) is 5.43. The van der Waals surface area contributed by atoms with Crippen LogP contribution in [0.2, 0.25) is 0 Å². The van der Waals surface area contributed by atoms with Crippen molar-refractivity contribution in [1.82, 2.24) is 10.2 Å². The third kappa shape index (κ3) is 8.08. The van der Waals surface area contributed by atoms with Gasteiger partial charge in [0.2, 0.25) is 0 Å². The van der Waals surface area contributed by atoms with Crippen LogP contribution in [0.3, 0.4) is 0 Å². The molecule has 0 aliphatic rings. The number of amides is 2. The molecule has 0 atom stereocenters. The van der Waals surface area contributed by atoms with E-state index in [0.29, 0.717) is 6.54 Å². The largest absolute Gasteiger partial charge is 0.481 e. The molecule has 0 heterocycles. The molecule has 0 aromatic rings. The fourth-order valence-electron chi connectivity index (χ4n) is 1.04. The zero-order valence-electron chi connectivity index (χ0n) is 10.5. The average molecular weight is 230 g/mol. The molecule has 0 saturated heterocycles. The summed E-state index contributed by atoms with van der Waals surface area (Å²) < 4.78 is 0. The van der Waals surface area contributed by atoms with Crippen molar-refractivity contribution >= 4 is 12.0 Å². The first-order valence-corrected chi connectivity index (χ1v) is 5.43. The summed E-state index contributed by atoms with van der Waals surface area (Å²) in [7, 11) is 1.59. The van der Waals surface area contributed by atoms with Crippen LogP contribution in [0, 0.1) is 5.41 Å². The van der Waals surface area contributed by atoms with E-state index in [1.165, 1.54) is 4.90 Å². The fourth-order valence-corrected chi connectivity index (χ4v) is 1.04. The molecule has 5 nitrogen and oxygen atoms in total. The van der Waals surface area contributed by atoms with Crippen LogP contribution in [0.5, 0.6) is 0 Å². The monoisotopic (exact) mass is 230 g/mol. The molecule has 0 rings (SSSR count). The highest BCUT2D eigenvalue weighted by atomic mass is 16.4. The van der Waals surface area contributed by atoms with E-state index in [1.807, 2.05) is 0 Å². The van der Waals surface area contributed by atoms with Crippen LogP contribution in [0.4, 0.5) is 4.79 Å². The molecule has 0 fully saturated rings. The number of hydrogen-bond acceptors (Lipinski definition) is 2. The number of rotatable bonds is 5. The Labute approximate surface area is 96.8 Å². The maximum atomic E-state index is 11.5. The van der Waals surface area contributed by atoms with Crippen molar-refractivity contribution < 1.29 is 14.7 Å². The zero-order valence-corrected chi connectivity index (χ0v) is 10.5. The number of carboxylic acids is 1. The number of carbonyl (C=O) groups is 2. The lowest BCUT2D eigenvalue weighted by Crippen LogP contribution is -2.39. The number of nitrogens with one attached hydrogen (secondary N) is 1. The lowest BCUT2D eigenvalue weighted by atomic mass is 9.92. The molecule has 16 heavy (non-hydrogen) atoms. The average Bonchev–Trinajstić information content (AvgIpc) is 2.11. The Bertz CT molecular complexity index is 246. The molecule has 0 aromatic carbocycles. The number of carboxylic acid groups (broad SMARTS) is 1. The summed E-state index contributed by atoms with van der Waals surface area (Å²) in [5.74, 6) is -0.894. The van der Waals surface area contributed by atoms with Crippen LogP contribution >= 0.6 is 0 Å². The van der Waals surface area contributed by atoms with Crippen molar-refractivity contribution in [2.24, 2.45) is 5.41 Å². The van der Waals surface area contributed by atoms with Gasteiger partial charge in [0.05, 0.1) is 6.42 Å². The van der Waals surface area contributed by atoms with Crippen molar-refractivity contribution in [2.75, 3.05) is 20.1 Å². The maximum absolute atomic E-state index is 11.5. The van der Waals surface area contributed by atoms with Crippen LogP contribution in [0.1, 0.15) is 33.6 Å². The predicted molar refractivity (Wildman–Crippen MR) is 62.4 cm³/mol. The molecule has 0 radical (unpaired) electrons. The maximum Gasteiger partial charge on any atom is 0.317 e. The van der Waals surface area contributed by atoms with Gasteiger partial charge in [-0.3, -0.25) is 4.79 Å². The highest BCUT2D eigenvalue weighted by Gasteiger charge is 2.12. The highest BCUT2D eigenvalue weighted by Crippen LogP contribution is 2.16. The molecule has 0 aromatic heterocycles. The van der Waals surface area contributed by atoms with Gasteiger partial charge in [0.15, 0.2) is 0 Å². The number of aliphatic carboxylic acids is 1. The number of carbonyl (C=O) groups excluding carboxylic acids is 1. The zero-order chi connectivity index (χ0) is 12.8. The minimum absolute atomic E-state index is 0.0246. The first kappa shape index (κ1) is 14.7. The van der Waals surface area contributed by atoms with Gasteiger partial charge in [0.1, 0.15) is 0 Å². The van der Waals surface area contributed by atoms with Gasteiger partial charge in [-0.25, -0.2) is 4.79 Å². The summed E-state index contributed by atoms with van der Waals surface area (Å²) in [6, 6.07) is -0.217. The molecule has 0 aliphatic carbocycles. The molecule has 0 bridgehead atoms. The van der Waals surface area contributed by atoms with Crippen LogP contribution in [-0.2, 0) is 4.79 Å². The van der Waals surface area contributed by atoms with E-state index in [1.54, 1.807) is 7.05 Å². The topological polar surface area (TPSA) is 69.6 Å². The van der Waals surface area contributed by atoms with Crippen LogP contribution in [0.15, 0.2) is 0 Å². The van der Waals surface area contributed by atoms with Crippen molar-refractivity contribution in [3.05, 3.63) is 0 Å². The van der Waals surface area contributed by atoms with Gasteiger partial charge in [0, 0.05) is 20.1 Å². The minimum atomic E-state index is -0.894. The van der Waals surface area contributed by atoms with E-state index >= 15 is 0 Å². The van der Waals surface area contributed by atoms with Crippen molar-refractivity contribution in [3.8, 4) is 0 Å². The second-order valence-electron chi connectivity index (χ2n) is 5.11. The van der Waals surface area contributed by atoms with Crippen molar-refractivity contribution in [2.45, 2.75) is 33.6 Å². The number of nitrogens with zero attached hydrogens (tertiary/aromatic N) is 1. The lowest BCUT2D eigenvalue weighted by molar-refractivity contribution is -0.137. The molecule has 2 N–H and O–H groups in total. The standard InChI is InChI=1S/C11H22N2O3/c1-11(2,3)6-7-12-10(16)13(4)8-5-9(14)15/h5-8H2,1-4H3,(H,12,16)(H,14,15). The van der Waals surface area contributed by atoms with E-state index < -0.39 is 5.97 Å². The summed E-state index contributed by atoms with van der Waals surface area (Å²) in [4.78, 5) is 23.2. The number of urea groups is 1. The summed E-state index contributed by atoms with van der Waals surface area (Å²) in [6.07, 6.45) is 0.870. The van der Waals surface area contributed by atoms with Crippen LogP contribution < -0.4 is 5.32 Å². The van der Waals surface area contributed by atoms with E-state index in [-0.39, 0.29) is 24.4 Å². The van der Waals surface area contributed by atoms with Crippen LogP contribution in [0.25, 0.3) is 0 Å². The molecule has 0 spiro atoms. The first-order chi connectivity index (χ1) is 7.22. The van der Waals surface area contributed by atoms with Crippen molar-refractivity contribution in [1.29, 1.82) is 0 Å². The van der Waals surface area contributed by atoms with Gasteiger partial charge in [-0.05, 0) is 11.8 Å². The Morgan fingerprint density at radius 2 is 1.88 bits per heavy atom. The summed E-state index contributed by atoms with van der Waals surface area (Å²) in [6.45, 7) is 7.16. The van der Waals surface area contributed by atoms with E-state index in [4.69, 9.17) is 5.11 Å². The van der Waals surface area contributed by atoms with Gasteiger partial charge >= 0.3 is 12.0 Å². The molecular formula is C11H22N2O3. The lowest BCUT2D eigenvalue weighted by Gasteiger charge is -2.21. The van der Waals surface area contributed by atoms with Gasteiger partial charge in [-0.15, -0.1) is 0 Å². The highest BCUT2D eigenvalue weighted by molar-refractivity contribution is 5.74.